The minimum atomic E-state index is -4.78. The molecular weight excluding hydrogens is 626 g/mol. The van der Waals surface area contributed by atoms with Crippen molar-refractivity contribution in [2.24, 2.45) is 5.92 Å². The van der Waals surface area contributed by atoms with Gasteiger partial charge in [-0.05, 0) is 66.6 Å². The van der Waals surface area contributed by atoms with Crippen molar-refractivity contribution >= 4 is 81.1 Å². The van der Waals surface area contributed by atoms with E-state index in [0.717, 1.165) is 6.07 Å². The van der Waals surface area contributed by atoms with Crippen molar-refractivity contribution in [1.29, 1.82) is 0 Å². The van der Waals surface area contributed by atoms with Crippen molar-refractivity contribution in [3.8, 4) is 0 Å². The number of rotatable bonds is 7. The lowest BCUT2D eigenvalue weighted by molar-refractivity contribution is -0.137. The minimum absolute atomic E-state index is 0.0293. The molecule has 1 aliphatic rings. The summed E-state index contributed by atoms with van der Waals surface area (Å²) in [5.41, 5.74) is 0.211. The van der Waals surface area contributed by atoms with Crippen LogP contribution in [0.1, 0.15) is 33.0 Å². The molecule has 0 aromatic heterocycles. The normalized spacial score (nSPS) is 18.0. The van der Waals surface area contributed by atoms with Gasteiger partial charge in [-0.15, -0.1) is 23.2 Å². The highest BCUT2D eigenvalue weighted by Gasteiger charge is 2.67. The highest BCUT2D eigenvalue weighted by atomic mass is 35.5. The molecular formula is C26H17Cl5F4N2O2. The number of carbonyl (C=O) groups excluding carboxylic acids is 2. The summed E-state index contributed by atoms with van der Waals surface area (Å²) in [6, 6.07) is 10.3. The van der Waals surface area contributed by atoms with Crippen LogP contribution in [0.25, 0.3) is 0 Å². The lowest BCUT2D eigenvalue weighted by Crippen LogP contribution is -2.19. The summed E-state index contributed by atoms with van der Waals surface area (Å²) >= 11 is 30.4. The van der Waals surface area contributed by atoms with Gasteiger partial charge in [-0.1, -0.05) is 34.8 Å². The number of hydrogen-bond donors (Lipinski definition) is 2. The number of halogens is 9. The minimum Gasteiger partial charge on any atom is -0.378 e. The van der Waals surface area contributed by atoms with Crippen molar-refractivity contribution in [3.05, 3.63) is 91.7 Å². The first-order valence-electron chi connectivity index (χ1n) is 11.2. The molecule has 4 nitrogen and oxygen atoms in total. The fraction of sp³-hybridized carbons (Fsp3) is 0.231. The Bertz CT molecular complexity index is 1480. The second-order valence-corrected chi connectivity index (χ2v) is 11.6. The first-order valence-corrected chi connectivity index (χ1v) is 13.1. The van der Waals surface area contributed by atoms with Gasteiger partial charge in [0.1, 0.15) is 10.2 Å². The molecule has 2 atom stereocenters. The molecule has 0 spiro atoms. The Hall–Kier alpha value is -2.23. The molecule has 2 unspecified atom stereocenters. The topological polar surface area (TPSA) is 58.2 Å². The van der Waals surface area contributed by atoms with Gasteiger partial charge in [0.2, 0.25) is 0 Å². The molecule has 1 amide bonds. The molecule has 2 N–H and O–H groups in total. The molecule has 0 saturated heterocycles. The van der Waals surface area contributed by atoms with E-state index in [9.17, 15) is 27.2 Å². The first kappa shape index (κ1) is 29.7. The number of amides is 1. The molecule has 13 heteroatoms. The number of aryl methyl sites for hydroxylation is 1. The first-order chi connectivity index (χ1) is 18.1. The van der Waals surface area contributed by atoms with E-state index in [-0.39, 0.29) is 27.7 Å². The van der Waals surface area contributed by atoms with Gasteiger partial charge in [0, 0.05) is 17.3 Å². The van der Waals surface area contributed by atoms with E-state index in [2.05, 4.69) is 10.6 Å². The van der Waals surface area contributed by atoms with E-state index in [1.165, 1.54) is 42.5 Å². The summed E-state index contributed by atoms with van der Waals surface area (Å²) in [6.07, 6.45) is -4.78. The molecule has 3 aromatic carbocycles. The zero-order chi connectivity index (χ0) is 28.9. The van der Waals surface area contributed by atoms with Crippen LogP contribution in [0.3, 0.4) is 0 Å². The van der Waals surface area contributed by atoms with Gasteiger partial charge in [0.05, 0.1) is 38.7 Å². The summed E-state index contributed by atoms with van der Waals surface area (Å²) in [6.45, 7) is 1.33. The molecule has 3 aromatic rings. The largest absolute Gasteiger partial charge is 0.417 e. The van der Waals surface area contributed by atoms with Gasteiger partial charge in [-0.25, -0.2) is 4.39 Å². The van der Waals surface area contributed by atoms with Crippen LogP contribution < -0.4 is 10.6 Å². The van der Waals surface area contributed by atoms with Crippen LogP contribution in [-0.2, 0) is 11.0 Å². The van der Waals surface area contributed by atoms with Crippen molar-refractivity contribution in [2.75, 3.05) is 17.2 Å². The maximum atomic E-state index is 13.4. The van der Waals surface area contributed by atoms with Crippen LogP contribution >= 0.6 is 58.0 Å². The maximum Gasteiger partial charge on any atom is 0.417 e. The molecule has 1 saturated carbocycles. The van der Waals surface area contributed by atoms with Crippen LogP contribution in [-0.4, -0.2) is 22.6 Å². The Kier molecular flexibility index (Phi) is 8.37. The fourth-order valence-electron chi connectivity index (χ4n) is 4.20. The molecule has 4 rings (SSSR count). The summed E-state index contributed by atoms with van der Waals surface area (Å²) in [4.78, 5) is 25.8. The molecule has 0 aliphatic heterocycles. The van der Waals surface area contributed by atoms with Gasteiger partial charge in [0.15, 0.2) is 5.78 Å². The Balaban J connectivity index is 1.47. The summed E-state index contributed by atoms with van der Waals surface area (Å²) in [7, 11) is 0. The Morgan fingerprint density at radius 3 is 2.31 bits per heavy atom. The average molecular weight is 643 g/mol. The molecule has 0 bridgehead atoms. The van der Waals surface area contributed by atoms with Crippen LogP contribution in [0.4, 0.5) is 28.9 Å². The predicted octanol–water partition coefficient (Wildman–Crippen LogP) is 8.93. The predicted molar refractivity (Wildman–Crippen MR) is 146 cm³/mol. The van der Waals surface area contributed by atoms with Gasteiger partial charge < -0.3 is 10.6 Å². The Morgan fingerprint density at radius 1 is 0.974 bits per heavy atom. The molecule has 0 radical (unpaired) electrons. The van der Waals surface area contributed by atoms with Crippen LogP contribution in [0.2, 0.25) is 15.1 Å². The van der Waals surface area contributed by atoms with Crippen LogP contribution in [0.5, 0.6) is 0 Å². The number of Topliss-reactive ketones (excluding diaryl/α,β-unsaturated/α-hetero) is 1. The van der Waals surface area contributed by atoms with E-state index in [4.69, 9.17) is 58.0 Å². The number of alkyl halides is 5. The van der Waals surface area contributed by atoms with Crippen LogP contribution in [0, 0.1) is 18.7 Å². The molecule has 1 aliphatic carbocycles. The van der Waals surface area contributed by atoms with Gasteiger partial charge >= 0.3 is 6.18 Å². The third kappa shape index (κ3) is 6.25. The quantitative estimate of drug-likeness (QED) is 0.200. The summed E-state index contributed by atoms with van der Waals surface area (Å²) < 4.78 is 51.9. The SMILES string of the molecule is Cc1cc(F)ccc1NC(=O)c1cc(NCC(=O)C2C(c3cc(Cl)c(Cl)c(C(F)(F)F)c3)C2(Cl)Cl)ccc1Cl. The third-order valence-corrected chi connectivity index (χ3v) is 8.30. The highest BCUT2D eigenvalue weighted by Crippen LogP contribution is 2.66. The second kappa shape index (κ2) is 11.0. The molecule has 1 fully saturated rings. The van der Waals surface area contributed by atoms with E-state index >= 15 is 0 Å². The van der Waals surface area contributed by atoms with Gasteiger partial charge in [-0.3, -0.25) is 9.59 Å². The lowest BCUT2D eigenvalue weighted by Gasteiger charge is -2.13. The van der Waals surface area contributed by atoms with E-state index in [1.54, 1.807) is 6.92 Å². The smallest absolute Gasteiger partial charge is 0.378 e. The molecule has 39 heavy (non-hydrogen) atoms. The number of carbonyl (C=O) groups is 2. The number of benzene rings is 3. The van der Waals surface area contributed by atoms with Gasteiger partial charge in [0.25, 0.3) is 5.91 Å². The Labute approximate surface area is 245 Å². The fourth-order valence-corrected chi connectivity index (χ4v) is 5.72. The standard InChI is InChI=1S/C26H17Cl5F4N2O2/c1-11-6-13(32)2-5-19(11)37-24(39)15-9-14(3-4-17(15)27)36-10-20(38)22-21(25(22,30)31)12-7-16(26(33,34)35)23(29)18(28)8-12/h2-9,21-22,36H,10H2,1H3,(H,37,39). The van der Waals surface area contributed by atoms with Crippen molar-refractivity contribution in [2.45, 2.75) is 23.4 Å². The summed E-state index contributed by atoms with van der Waals surface area (Å²) in [5, 5.41) is 4.63. The lowest BCUT2D eigenvalue weighted by atomic mass is 10.0. The Morgan fingerprint density at radius 2 is 1.67 bits per heavy atom. The molecule has 206 valence electrons. The number of nitrogens with one attached hydrogen (secondary N) is 2. The van der Waals surface area contributed by atoms with E-state index < -0.39 is 50.4 Å². The monoisotopic (exact) mass is 640 g/mol. The van der Waals surface area contributed by atoms with Gasteiger partial charge in [-0.2, -0.15) is 13.2 Å². The molecule has 0 heterocycles. The van der Waals surface area contributed by atoms with E-state index in [1.807, 2.05) is 0 Å². The number of ketones is 1. The third-order valence-electron chi connectivity index (χ3n) is 6.23. The van der Waals surface area contributed by atoms with Crippen LogP contribution in [0.15, 0.2) is 48.5 Å². The summed E-state index contributed by atoms with van der Waals surface area (Å²) in [5.74, 6) is -3.46. The van der Waals surface area contributed by atoms with Crippen molar-refractivity contribution < 1.29 is 27.2 Å². The highest BCUT2D eigenvalue weighted by molar-refractivity contribution is 6.53. The van der Waals surface area contributed by atoms with E-state index in [0.29, 0.717) is 16.9 Å². The van der Waals surface area contributed by atoms with Crippen molar-refractivity contribution in [3.63, 3.8) is 0 Å². The number of hydrogen-bond acceptors (Lipinski definition) is 3. The zero-order valence-corrected chi connectivity index (χ0v) is 23.5. The van der Waals surface area contributed by atoms with Crippen molar-refractivity contribution in [1.82, 2.24) is 0 Å². The average Bonchev–Trinajstić information content (AvgIpc) is 3.42. The second-order valence-electron chi connectivity index (χ2n) is 8.92. The maximum absolute atomic E-state index is 13.4. The number of anilines is 2. The zero-order valence-electron chi connectivity index (χ0n) is 19.7.